The first-order chi connectivity index (χ1) is 9.15. The van der Waals surface area contributed by atoms with Crippen LogP contribution < -0.4 is 10.4 Å². The molecule has 0 aliphatic heterocycles. The van der Waals surface area contributed by atoms with E-state index in [2.05, 4.69) is 14.4 Å². The summed E-state index contributed by atoms with van der Waals surface area (Å²) >= 11 is 0. The van der Waals surface area contributed by atoms with Crippen LogP contribution in [-0.4, -0.2) is 25.3 Å². The monoisotopic (exact) mass is 261 g/mol. The zero-order valence-corrected chi connectivity index (χ0v) is 10.4. The quantitative estimate of drug-likeness (QED) is 0.779. The third kappa shape index (κ3) is 2.62. The SMILES string of the molecule is COC(=O)c1cc(-c2ccc(OC)cc2)noc1=O. The predicted molar refractivity (Wildman–Crippen MR) is 66.1 cm³/mol. The number of hydrogen-bond donors (Lipinski definition) is 0. The fourth-order valence-electron chi connectivity index (χ4n) is 1.51. The summed E-state index contributed by atoms with van der Waals surface area (Å²) in [5.74, 6) is -0.0692. The first kappa shape index (κ1) is 12.8. The van der Waals surface area contributed by atoms with Crippen LogP contribution in [0.3, 0.4) is 0 Å². The maximum absolute atomic E-state index is 11.4. The molecule has 0 atom stereocenters. The highest BCUT2D eigenvalue weighted by atomic mass is 16.5. The molecule has 6 heteroatoms. The molecule has 0 amide bonds. The molecule has 2 aromatic rings. The molecule has 1 aromatic carbocycles. The summed E-state index contributed by atoms with van der Waals surface area (Å²) < 4.78 is 14.1. The van der Waals surface area contributed by atoms with Crippen molar-refractivity contribution in [3.8, 4) is 17.0 Å². The Kier molecular flexibility index (Phi) is 3.61. The average Bonchev–Trinajstić information content (AvgIpc) is 2.47. The van der Waals surface area contributed by atoms with Crippen LogP contribution in [0, 0.1) is 0 Å². The molecule has 0 unspecified atom stereocenters. The van der Waals surface area contributed by atoms with Gasteiger partial charge in [0.2, 0.25) is 0 Å². The van der Waals surface area contributed by atoms with Gasteiger partial charge in [-0.1, -0.05) is 5.16 Å². The Labute approximate surface area is 108 Å². The third-order valence-electron chi connectivity index (χ3n) is 2.52. The van der Waals surface area contributed by atoms with Gasteiger partial charge >= 0.3 is 11.6 Å². The molecule has 0 spiro atoms. The highest BCUT2D eigenvalue weighted by Crippen LogP contribution is 2.20. The van der Waals surface area contributed by atoms with Gasteiger partial charge < -0.3 is 14.0 Å². The molecule has 0 radical (unpaired) electrons. The minimum absolute atomic E-state index is 0.191. The number of carbonyl (C=O) groups is 1. The molecule has 6 nitrogen and oxygen atoms in total. The van der Waals surface area contributed by atoms with Crippen molar-refractivity contribution >= 4 is 5.97 Å². The second kappa shape index (κ2) is 5.34. The summed E-state index contributed by atoms with van der Waals surface area (Å²) in [6.45, 7) is 0. The summed E-state index contributed by atoms with van der Waals surface area (Å²) in [6.07, 6.45) is 0. The van der Waals surface area contributed by atoms with Crippen LogP contribution >= 0.6 is 0 Å². The van der Waals surface area contributed by atoms with Gasteiger partial charge in [0.25, 0.3) is 0 Å². The Morgan fingerprint density at radius 1 is 1.21 bits per heavy atom. The van der Waals surface area contributed by atoms with Gasteiger partial charge in [-0.2, -0.15) is 0 Å². The second-order valence-corrected chi connectivity index (χ2v) is 3.63. The molecule has 0 saturated carbocycles. The van der Waals surface area contributed by atoms with Gasteiger partial charge in [0.1, 0.15) is 17.0 Å². The fraction of sp³-hybridized carbons (Fsp3) is 0.154. The molecular weight excluding hydrogens is 250 g/mol. The third-order valence-corrected chi connectivity index (χ3v) is 2.52. The number of esters is 1. The van der Waals surface area contributed by atoms with Gasteiger partial charge in [0, 0.05) is 5.56 Å². The number of carbonyl (C=O) groups excluding carboxylic acids is 1. The van der Waals surface area contributed by atoms with E-state index in [9.17, 15) is 9.59 Å². The highest BCUT2D eigenvalue weighted by molar-refractivity contribution is 5.89. The number of benzene rings is 1. The standard InChI is InChI=1S/C13H11NO5/c1-17-9-5-3-8(4-6-9)11-7-10(12(15)18-2)13(16)19-14-11/h3-7H,1-2H3. The normalized spacial score (nSPS) is 10.0. The van der Waals surface area contributed by atoms with Crippen LogP contribution in [0.25, 0.3) is 11.3 Å². The van der Waals surface area contributed by atoms with E-state index in [0.29, 0.717) is 17.0 Å². The molecule has 0 bridgehead atoms. The number of methoxy groups -OCH3 is 2. The van der Waals surface area contributed by atoms with Crippen molar-refractivity contribution < 1.29 is 18.8 Å². The van der Waals surface area contributed by atoms with Gasteiger partial charge in [-0.05, 0) is 30.3 Å². The summed E-state index contributed by atoms with van der Waals surface area (Å²) in [6, 6.07) is 8.28. The highest BCUT2D eigenvalue weighted by Gasteiger charge is 2.15. The minimum Gasteiger partial charge on any atom is -0.497 e. The van der Waals surface area contributed by atoms with Gasteiger partial charge in [0.15, 0.2) is 0 Å². The Hall–Kier alpha value is -2.63. The fourth-order valence-corrected chi connectivity index (χ4v) is 1.51. The zero-order chi connectivity index (χ0) is 13.8. The lowest BCUT2D eigenvalue weighted by Crippen LogP contribution is -2.16. The van der Waals surface area contributed by atoms with Crippen LogP contribution in [-0.2, 0) is 4.74 Å². The van der Waals surface area contributed by atoms with E-state index in [1.54, 1.807) is 31.4 Å². The van der Waals surface area contributed by atoms with E-state index >= 15 is 0 Å². The minimum atomic E-state index is -0.830. The van der Waals surface area contributed by atoms with E-state index in [0.717, 1.165) is 0 Å². The first-order valence-electron chi connectivity index (χ1n) is 5.39. The first-order valence-corrected chi connectivity index (χ1v) is 5.39. The summed E-state index contributed by atoms with van der Waals surface area (Å²) in [5, 5.41) is 3.65. The van der Waals surface area contributed by atoms with Crippen LogP contribution in [0.15, 0.2) is 39.6 Å². The van der Waals surface area contributed by atoms with Crippen molar-refractivity contribution in [2.45, 2.75) is 0 Å². The van der Waals surface area contributed by atoms with Crippen molar-refractivity contribution in [3.63, 3.8) is 0 Å². The Morgan fingerprint density at radius 3 is 2.47 bits per heavy atom. The molecular formula is C13H11NO5. The van der Waals surface area contributed by atoms with Crippen LogP contribution in [0.2, 0.25) is 0 Å². The lowest BCUT2D eigenvalue weighted by atomic mass is 10.1. The second-order valence-electron chi connectivity index (χ2n) is 3.63. The molecule has 1 aromatic heterocycles. The number of hydrogen-bond acceptors (Lipinski definition) is 6. The molecule has 0 aliphatic rings. The maximum Gasteiger partial charge on any atom is 0.373 e. The van der Waals surface area contributed by atoms with Gasteiger partial charge in [-0.15, -0.1) is 0 Å². The van der Waals surface area contributed by atoms with E-state index in [4.69, 9.17) is 4.74 Å². The number of rotatable bonds is 3. The molecule has 0 aliphatic carbocycles. The molecule has 19 heavy (non-hydrogen) atoms. The molecule has 98 valence electrons. The summed E-state index contributed by atoms with van der Waals surface area (Å²) in [7, 11) is 2.75. The zero-order valence-electron chi connectivity index (χ0n) is 10.4. The van der Waals surface area contributed by atoms with Crippen molar-refractivity contribution in [3.05, 3.63) is 46.3 Å². The molecule has 0 fully saturated rings. The molecule has 0 saturated heterocycles. The largest absolute Gasteiger partial charge is 0.497 e. The van der Waals surface area contributed by atoms with E-state index in [1.165, 1.54) is 13.2 Å². The topological polar surface area (TPSA) is 78.6 Å². The summed E-state index contributed by atoms with van der Waals surface area (Å²) in [5.41, 5.74) is 0.0322. The lowest BCUT2D eigenvalue weighted by Gasteiger charge is -2.03. The van der Waals surface area contributed by atoms with Gasteiger partial charge in [-0.25, -0.2) is 9.59 Å². The van der Waals surface area contributed by atoms with Gasteiger partial charge in [0.05, 0.1) is 14.2 Å². The Morgan fingerprint density at radius 2 is 1.89 bits per heavy atom. The summed E-state index contributed by atoms with van der Waals surface area (Å²) in [4.78, 5) is 22.7. The predicted octanol–water partition coefficient (Wildman–Crippen LogP) is 1.50. The number of ether oxygens (including phenoxy) is 2. The van der Waals surface area contributed by atoms with E-state index in [-0.39, 0.29) is 5.56 Å². The van der Waals surface area contributed by atoms with E-state index < -0.39 is 11.6 Å². The van der Waals surface area contributed by atoms with Crippen molar-refractivity contribution in [1.82, 2.24) is 5.16 Å². The Balaban J connectivity index is 2.45. The number of aromatic nitrogens is 1. The molecule has 2 rings (SSSR count). The van der Waals surface area contributed by atoms with Gasteiger partial charge in [-0.3, -0.25) is 0 Å². The maximum atomic E-state index is 11.4. The van der Waals surface area contributed by atoms with Crippen LogP contribution in [0.1, 0.15) is 10.4 Å². The molecule has 1 heterocycles. The number of nitrogens with zero attached hydrogens (tertiary/aromatic N) is 1. The van der Waals surface area contributed by atoms with Crippen LogP contribution in [0.4, 0.5) is 0 Å². The van der Waals surface area contributed by atoms with Crippen molar-refractivity contribution in [2.75, 3.05) is 14.2 Å². The lowest BCUT2D eigenvalue weighted by molar-refractivity contribution is 0.0593. The van der Waals surface area contributed by atoms with Crippen molar-refractivity contribution in [1.29, 1.82) is 0 Å². The van der Waals surface area contributed by atoms with E-state index in [1.807, 2.05) is 0 Å². The Bertz CT molecular complexity index is 645. The smallest absolute Gasteiger partial charge is 0.373 e. The van der Waals surface area contributed by atoms with Crippen LogP contribution in [0.5, 0.6) is 5.75 Å². The average molecular weight is 261 g/mol. The molecule has 0 N–H and O–H groups in total. The van der Waals surface area contributed by atoms with Crippen molar-refractivity contribution in [2.24, 2.45) is 0 Å².